The summed E-state index contributed by atoms with van der Waals surface area (Å²) in [4.78, 5) is 12.2. The molecule has 3 aromatic heterocycles. The van der Waals surface area contributed by atoms with Gasteiger partial charge in [-0.1, -0.05) is 18.2 Å². The second-order valence-electron chi connectivity index (χ2n) is 5.87. The topological polar surface area (TPSA) is 75.8 Å². The number of nitrogens with zero attached hydrogens (tertiary/aromatic N) is 2. The molecule has 0 aliphatic rings. The first-order valence-electron chi connectivity index (χ1n) is 8.18. The lowest BCUT2D eigenvalue weighted by molar-refractivity contribution is 0.0948. The molecule has 0 radical (unpaired) electrons. The van der Waals surface area contributed by atoms with Crippen molar-refractivity contribution in [3.8, 4) is 0 Å². The third-order valence-corrected chi connectivity index (χ3v) is 4.12. The van der Waals surface area contributed by atoms with Gasteiger partial charge >= 0.3 is 0 Å². The summed E-state index contributed by atoms with van der Waals surface area (Å²) in [7, 11) is 0. The first-order valence-corrected chi connectivity index (χ1v) is 8.18. The number of carbonyl (C=O) groups excluding carboxylic acids is 1. The number of hydrogen-bond donors (Lipinski definition) is 2. The van der Waals surface area contributed by atoms with Crippen LogP contribution < -0.4 is 5.32 Å². The molecule has 6 heteroatoms. The number of fused-ring (bicyclic) bond motifs is 1. The molecule has 1 amide bonds. The van der Waals surface area contributed by atoms with Crippen molar-refractivity contribution >= 4 is 16.8 Å². The smallest absolute Gasteiger partial charge is 0.271 e. The standard InChI is InChI=1S/C19H18N4O2/c24-19(20-9-7-16-5-3-11-25-16)17-12-15(21-22-17)13-23-10-8-14-4-1-2-6-18(14)23/h1-6,8,10-12H,7,9,13H2,(H,20,24)(H,21,22). The Morgan fingerprint density at radius 1 is 1.20 bits per heavy atom. The zero-order chi connectivity index (χ0) is 17.1. The zero-order valence-electron chi connectivity index (χ0n) is 13.6. The highest BCUT2D eigenvalue weighted by Crippen LogP contribution is 2.16. The van der Waals surface area contributed by atoms with E-state index in [-0.39, 0.29) is 5.91 Å². The van der Waals surface area contributed by atoms with E-state index in [0.29, 0.717) is 25.2 Å². The van der Waals surface area contributed by atoms with Crippen molar-refractivity contribution in [1.29, 1.82) is 0 Å². The van der Waals surface area contributed by atoms with Gasteiger partial charge in [-0.15, -0.1) is 0 Å². The van der Waals surface area contributed by atoms with E-state index in [1.54, 1.807) is 12.3 Å². The monoisotopic (exact) mass is 334 g/mol. The highest BCUT2D eigenvalue weighted by atomic mass is 16.3. The summed E-state index contributed by atoms with van der Waals surface area (Å²) >= 11 is 0. The van der Waals surface area contributed by atoms with Crippen LogP contribution in [0.1, 0.15) is 21.9 Å². The van der Waals surface area contributed by atoms with Crippen LogP contribution in [0.5, 0.6) is 0 Å². The third-order valence-electron chi connectivity index (χ3n) is 4.12. The maximum Gasteiger partial charge on any atom is 0.271 e. The van der Waals surface area contributed by atoms with Crippen molar-refractivity contribution in [1.82, 2.24) is 20.1 Å². The van der Waals surface area contributed by atoms with E-state index < -0.39 is 0 Å². The molecule has 0 atom stereocenters. The summed E-state index contributed by atoms with van der Waals surface area (Å²) in [5.41, 5.74) is 2.44. The largest absolute Gasteiger partial charge is 0.469 e. The maximum atomic E-state index is 12.2. The van der Waals surface area contributed by atoms with Gasteiger partial charge < -0.3 is 14.3 Å². The molecule has 3 heterocycles. The Kier molecular flexibility index (Phi) is 4.08. The zero-order valence-corrected chi connectivity index (χ0v) is 13.6. The number of carbonyl (C=O) groups is 1. The van der Waals surface area contributed by atoms with Gasteiger partial charge in [0.25, 0.3) is 5.91 Å². The van der Waals surface area contributed by atoms with Gasteiger partial charge in [0.15, 0.2) is 0 Å². The summed E-state index contributed by atoms with van der Waals surface area (Å²) in [5, 5.41) is 11.1. The molecule has 0 bridgehead atoms. The van der Waals surface area contributed by atoms with Crippen LogP contribution in [-0.4, -0.2) is 27.2 Å². The number of rotatable bonds is 6. The van der Waals surface area contributed by atoms with Crippen LogP contribution in [0.3, 0.4) is 0 Å². The minimum Gasteiger partial charge on any atom is -0.469 e. The molecule has 1 aromatic carbocycles. The summed E-state index contributed by atoms with van der Waals surface area (Å²) in [6.45, 7) is 1.15. The lowest BCUT2D eigenvalue weighted by Crippen LogP contribution is -2.25. The molecule has 0 fully saturated rings. The number of aromatic nitrogens is 3. The molecule has 4 aromatic rings. The number of H-pyrrole nitrogens is 1. The molecule has 0 aliphatic carbocycles. The van der Waals surface area contributed by atoms with Gasteiger partial charge in [0.1, 0.15) is 11.5 Å². The molecule has 0 aliphatic heterocycles. The van der Waals surface area contributed by atoms with E-state index >= 15 is 0 Å². The van der Waals surface area contributed by atoms with E-state index in [1.165, 1.54) is 5.39 Å². The minimum atomic E-state index is -0.188. The highest BCUT2D eigenvalue weighted by Gasteiger charge is 2.11. The summed E-state index contributed by atoms with van der Waals surface area (Å²) in [6.07, 6.45) is 4.32. The van der Waals surface area contributed by atoms with Crippen molar-refractivity contribution in [2.24, 2.45) is 0 Å². The summed E-state index contributed by atoms with van der Waals surface area (Å²) in [6, 6.07) is 15.8. The Hall–Kier alpha value is -3.28. The van der Waals surface area contributed by atoms with Crippen molar-refractivity contribution in [3.63, 3.8) is 0 Å². The van der Waals surface area contributed by atoms with Gasteiger partial charge in [0.2, 0.25) is 0 Å². The van der Waals surface area contributed by atoms with Gasteiger partial charge in [-0.05, 0) is 35.7 Å². The number of hydrogen-bond acceptors (Lipinski definition) is 3. The molecule has 2 N–H and O–H groups in total. The number of benzene rings is 1. The van der Waals surface area contributed by atoms with E-state index in [1.807, 2.05) is 30.5 Å². The average molecular weight is 334 g/mol. The van der Waals surface area contributed by atoms with Crippen molar-refractivity contribution in [2.45, 2.75) is 13.0 Å². The Labute approximate surface area is 144 Å². The molecule has 0 spiro atoms. The fraction of sp³-hybridized carbons (Fsp3) is 0.158. The van der Waals surface area contributed by atoms with Crippen molar-refractivity contribution < 1.29 is 9.21 Å². The van der Waals surface area contributed by atoms with Crippen LogP contribution >= 0.6 is 0 Å². The van der Waals surface area contributed by atoms with Crippen molar-refractivity contribution in [3.05, 3.63) is 78.1 Å². The second kappa shape index (κ2) is 6.68. The quantitative estimate of drug-likeness (QED) is 0.569. The number of furan rings is 1. The van der Waals surface area contributed by atoms with Crippen molar-refractivity contribution in [2.75, 3.05) is 6.54 Å². The van der Waals surface area contributed by atoms with Crippen LogP contribution in [0.2, 0.25) is 0 Å². The fourth-order valence-electron chi connectivity index (χ4n) is 2.87. The average Bonchev–Trinajstić information content (AvgIpc) is 3.37. The predicted octanol–water partition coefficient (Wildman–Crippen LogP) is 2.98. The molecule has 6 nitrogen and oxygen atoms in total. The van der Waals surface area contributed by atoms with Gasteiger partial charge in [-0.2, -0.15) is 5.10 Å². The first kappa shape index (κ1) is 15.3. The number of nitrogens with one attached hydrogen (secondary N) is 2. The SMILES string of the molecule is O=C(NCCc1ccco1)c1cc(Cn2ccc3ccccc32)[nH]n1. The Bertz CT molecular complexity index is 982. The van der Waals surface area contributed by atoms with E-state index in [4.69, 9.17) is 4.42 Å². The van der Waals surface area contributed by atoms with E-state index in [9.17, 15) is 4.79 Å². The Morgan fingerprint density at radius 2 is 2.12 bits per heavy atom. The fourth-order valence-corrected chi connectivity index (χ4v) is 2.87. The second-order valence-corrected chi connectivity index (χ2v) is 5.87. The lowest BCUT2D eigenvalue weighted by Gasteiger charge is -2.02. The molecule has 25 heavy (non-hydrogen) atoms. The first-order chi connectivity index (χ1) is 12.3. The maximum absolute atomic E-state index is 12.2. The van der Waals surface area contributed by atoms with Crippen LogP contribution in [0, 0.1) is 0 Å². The third kappa shape index (κ3) is 3.33. The van der Waals surface area contributed by atoms with E-state index in [0.717, 1.165) is 17.0 Å². The summed E-state index contributed by atoms with van der Waals surface area (Å²) < 4.78 is 7.37. The van der Waals surface area contributed by atoms with E-state index in [2.05, 4.69) is 38.3 Å². The van der Waals surface area contributed by atoms with Crippen LogP contribution in [-0.2, 0) is 13.0 Å². The molecule has 126 valence electrons. The molecule has 0 unspecified atom stereocenters. The molecular weight excluding hydrogens is 316 g/mol. The Morgan fingerprint density at radius 3 is 3.00 bits per heavy atom. The summed E-state index contributed by atoms with van der Waals surface area (Å²) in [5.74, 6) is 0.661. The van der Waals surface area contributed by atoms with Gasteiger partial charge in [-0.3, -0.25) is 9.89 Å². The molecular formula is C19H18N4O2. The van der Waals surface area contributed by atoms with Gasteiger partial charge in [0.05, 0.1) is 18.5 Å². The highest BCUT2D eigenvalue weighted by molar-refractivity contribution is 5.92. The number of amides is 1. The number of aromatic amines is 1. The van der Waals surface area contributed by atoms with Crippen LogP contribution in [0.25, 0.3) is 10.9 Å². The Balaban J connectivity index is 1.38. The predicted molar refractivity (Wildman–Crippen MR) is 94.4 cm³/mol. The lowest BCUT2D eigenvalue weighted by atomic mass is 10.2. The molecule has 4 rings (SSSR count). The van der Waals surface area contributed by atoms with Gasteiger partial charge in [-0.25, -0.2) is 0 Å². The normalized spacial score (nSPS) is 11.0. The minimum absolute atomic E-state index is 0.188. The molecule has 0 saturated heterocycles. The van der Waals surface area contributed by atoms with Crippen LogP contribution in [0.4, 0.5) is 0 Å². The molecule has 0 saturated carbocycles. The van der Waals surface area contributed by atoms with Crippen LogP contribution in [0.15, 0.2) is 65.4 Å². The van der Waals surface area contributed by atoms with Gasteiger partial charge in [0, 0.05) is 24.7 Å². The number of para-hydroxylation sites is 1.